The molecule has 1 saturated heterocycles. The van der Waals surface area contributed by atoms with Crippen molar-refractivity contribution in [3.63, 3.8) is 0 Å². The van der Waals surface area contributed by atoms with Crippen LogP contribution in [-0.2, 0) is 16.6 Å². The fourth-order valence-corrected chi connectivity index (χ4v) is 5.59. The average molecular weight is 451 g/mol. The molecule has 30 heavy (non-hydrogen) atoms. The second-order valence-corrected chi connectivity index (χ2v) is 9.92. The van der Waals surface area contributed by atoms with E-state index >= 15 is 0 Å². The summed E-state index contributed by atoms with van der Waals surface area (Å²) in [5.74, 6) is 0.521. The van der Waals surface area contributed by atoms with Gasteiger partial charge < -0.3 is 10.6 Å². The maximum Gasteiger partial charge on any atom is 0.243 e. The SMILES string of the molecule is O=S(=O)(c1ccc(Cl)cc1)N1CCC2(CC1)NCCN=C2NCc1ccccc1F. The summed E-state index contributed by atoms with van der Waals surface area (Å²) in [6.07, 6.45) is 1.17. The fourth-order valence-electron chi connectivity index (χ4n) is 4.02. The van der Waals surface area contributed by atoms with Crippen LogP contribution in [0.1, 0.15) is 18.4 Å². The summed E-state index contributed by atoms with van der Waals surface area (Å²) in [6.45, 7) is 2.45. The molecular formula is C21H24ClFN4O2S. The molecule has 0 radical (unpaired) electrons. The van der Waals surface area contributed by atoms with Gasteiger partial charge in [-0.3, -0.25) is 4.99 Å². The average Bonchev–Trinajstić information content (AvgIpc) is 2.75. The van der Waals surface area contributed by atoms with Crippen LogP contribution in [0, 0.1) is 5.82 Å². The van der Waals surface area contributed by atoms with E-state index in [2.05, 4.69) is 15.6 Å². The maximum absolute atomic E-state index is 14.0. The van der Waals surface area contributed by atoms with Gasteiger partial charge in [-0.2, -0.15) is 4.31 Å². The van der Waals surface area contributed by atoms with E-state index in [1.54, 1.807) is 30.3 Å². The van der Waals surface area contributed by atoms with Crippen LogP contribution in [-0.4, -0.2) is 50.3 Å². The van der Waals surface area contributed by atoms with E-state index < -0.39 is 15.6 Å². The highest BCUT2D eigenvalue weighted by atomic mass is 35.5. The Morgan fingerprint density at radius 1 is 1.13 bits per heavy atom. The highest BCUT2D eigenvalue weighted by Crippen LogP contribution is 2.29. The molecule has 0 saturated carbocycles. The molecule has 4 rings (SSSR count). The minimum Gasteiger partial charge on any atom is -0.368 e. The van der Waals surface area contributed by atoms with Crippen LogP contribution in [0.2, 0.25) is 5.02 Å². The molecule has 0 aliphatic carbocycles. The minimum absolute atomic E-state index is 0.242. The molecule has 0 bridgehead atoms. The van der Waals surface area contributed by atoms with Crippen molar-refractivity contribution in [2.24, 2.45) is 4.99 Å². The van der Waals surface area contributed by atoms with Gasteiger partial charge in [0.25, 0.3) is 0 Å². The normalized spacial score (nSPS) is 19.5. The van der Waals surface area contributed by atoms with Gasteiger partial charge in [0.15, 0.2) is 0 Å². The summed E-state index contributed by atoms with van der Waals surface area (Å²) < 4.78 is 41.4. The molecule has 0 atom stereocenters. The molecule has 2 aromatic carbocycles. The van der Waals surface area contributed by atoms with E-state index in [0.717, 1.165) is 12.4 Å². The predicted molar refractivity (Wildman–Crippen MR) is 116 cm³/mol. The number of piperidine rings is 1. The predicted octanol–water partition coefficient (Wildman–Crippen LogP) is 2.79. The van der Waals surface area contributed by atoms with Crippen molar-refractivity contribution in [3.05, 3.63) is 64.9 Å². The van der Waals surface area contributed by atoms with E-state index in [9.17, 15) is 12.8 Å². The number of hydrogen-bond donors (Lipinski definition) is 2. The van der Waals surface area contributed by atoms with Gasteiger partial charge in [-0.1, -0.05) is 29.8 Å². The topological polar surface area (TPSA) is 73.8 Å². The maximum atomic E-state index is 14.0. The Bertz CT molecular complexity index is 1040. The molecule has 1 fully saturated rings. The van der Waals surface area contributed by atoms with Gasteiger partial charge >= 0.3 is 0 Å². The molecule has 2 aliphatic rings. The molecule has 0 unspecified atom stereocenters. The first-order valence-electron chi connectivity index (χ1n) is 9.94. The van der Waals surface area contributed by atoms with E-state index in [1.165, 1.54) is 22.5 Å². The zero-order valence-electron chi connectivity index (χ0n) is 16.4. The lowest BCUT2D eigenvalue weighted by atomic mass is 9.85. The Labute approximate surface area is 181 Å². The van der Waals surface area contributed by atoms with Crippen LogP contribution in [0.4, 0.5) is 4.39 Å². The van der Waals surface area contributed by atoms with Crippen LogP contribution >= 0.6 is 11.6 Å². The van der Waals surface area contributed by atoms with Crippen molar-refractivity contribution in [3.8, 4) is 0 Å². The molecule has 2 aromatic rings. The second-order valence-electron chi connectivity index (χ2n) is 7.54. The highest BCUT2D eigenvalue weighted by molar-refractivity contribution is 7.89. The molecular weight excluding hydrogens is 427 g/mol. The number of nitrogens with zero attached hydrogens (tertiary/aromatic N) is 2. The largest absolute Gasteiger partial charge is 0.368 e. The van der Waals surface area contributed by atoms with E-state index in [4.69, 9.17) is 11.6 Å². The monoisotopic (exact) mass is 450 g/mol. The molecule has 2 heterocycles. The van der Waals surface area contributed by atoms with Crippen molar-refractivity contribution < 1.29 is 12.8 Å². The van der Waals surface area contributed by atoms with Crippen LogP contribution in [0.25, 0.3) is 0 Å². The lowest BCUT2D eigenvalue weighted by Crippen LogP contribution is -2.64. The third-order valence-electron chi connectivity index (χ3n) is 5.73. The Hall–Kier alpha value is -2.00. The van der Waals surface area contributed by atoms with Crippen molar-refractivity contribution >= 4 is 27.5 Å². The number of halogens is 2. The molecule has 9 heteroatoms. The Morgan fingerprint density at radius 2 is 1.83 bits per heavy atom. The quantitative estimate of drug-likeness (QED) is 0.751. The number of hydrogen-bond acceptors (Lipinski definition) is 5. The minimum atomic E-state index is -3.58. The third-order valence-corrected chi connectivity index (χ3v) is 7.89. The lowest BCUT2D eigenvalue weighted by Gasteiger charge is -2.44. The van der Waals surface area contributed by atoms with Crippen LogP contribution < -0.4 is 10.6 Å². The van der Waals surface area contributed by atoms with Gasteiger partial charge in [0, 0.05) is 36.8 Å². The third kappa shape index (κ3) is 4.23. The van der Waals surface area contributed by atoms with Gasteiger partial charge in [0.1, 0.15) is 11.7 Å². The highest BCUT2D eigenvalue weighted by Gasteiger charge is 2.43. The molecule has 6 nitrogen and oxygen atoms in total. The fraction of sp³-hybridized carbons (Fsp3) is 0.381. The molecule has 2 N–H and O–H groups in total. The number of benzene rings is 2. The summed E-state index contributed by atoms with van der Waals surface area (Å²) >= 11 is 5.88. The van der Waals surface area contributed by atoms with Gasteiger partial charge in [-0.25, -0.2) is 12.8 Å². The standard InChI is InChI=1S/C21H24ClFN4O2S/c22-17-5-7-18(8-6-17)30(28,29)27-13-9-21(10-14-27)20(24-11-12-26-21)25-15-16-3-1-2-4-19(16)23/h1-8,26H,9-15H2,(H,24,25). The summed E-state index contributed by atoms with van der Waals surface area (Å²) in [6, 6.07) is 12.9. The van der Waals surface area contributed by atoms with Gasteiger partial charge in [0.05, 0.1) is 17.0 Å². The van der Waals surface area contributed by atoms with E-state index in [0.29, 0.717) is 49.6 Å². The summed E-state index contributed by atoms with van der Waals surface area (Å²) in [5, 5.41) is 7.32. The molecule has 0 amide bonds. The van der Waals surface area contributed by atoms with Crippen molar-refractivity contribution in [1.82, 2.24) is 14.9 Å². The number of aliphatic imine (C=N–C) groups is 1. The number of rotatable bonds is 4. The van der Waals surface area contributed by atoms with Crippen molar-refractivity contribution in [2.75, 3.05) is 26.2 Å². The number of sulfonamides is 1. The van der Waals surface area contributed by atoms with Crippen LogP contribution in [0.15, 0.2) is 58.4 Å². The molecule has 160 valence electrons. The van der Waals surface area contributed by atoms with E-state index in [-0.39, 0.29) is 10.7 Å². The van der Waals surface area contributed by atoms with Crippen LogP contribution in [0.5, 0.6) is 0 Å². The molecule has 1 spiro atoms. The lowest BCUT2D eigenvalue weighted by molar-refractivity contribution is 0.241. The first-order valence-corrected chi connectivity index (χ1v) is 11.8. The Morgan fingerprint density at radius 3 is 2.53 bits per heavy atom. The Kier molecular flexibility index (Phi) is 6.11. The zero-order chi connectivity index (χ0) is 21.2. The summed E-state index contributed by atoms with van der Waals surface area (Å²) in [5.41, 5.74) is 0.152. The Balaban J connectivity index is 1.46. The first-order chi connectivity index (χ1) is 14.4. The van der Waals surface area contributed by atoms with Crippen molar-refractivity contribution in [2.45, 2.75) is 29.8 Å². The number of amidine groups is 1. The smallest absolute Gasteiger partial charge is 0.243 e. The summed E-state index contributed by atoms with van der Waals surface area (Å²) in [7, 11) is -3.58. The van der Waals surface area contributed by atoms with E-state index in [1.807, 2.05) is 0 Å². The van der Waals surface area contributed by atoms with Gasteiger partial charge in [0.2, 0.25) is 10.0 Å². The molecule has 0 aromatic heterocycles. The molecule has 2 aliphatic heterocycles. The number of nitrogens with one attached hydrogen (secondary N) is 2. The van der Waals surface area contributed by atoms with Crippen molar-refractivity contribution in [1.29, 1.82) is 0 Å². The zero-order valence-corrected chi connectivity index (χ0v) is 18.0. The van der Waals surface area contributed by atoms with Gasteiger partial charge in [-0.15, -0.1) is 0 Å². The van der Waals surface area contributed by atoms with Gasteiger partial charge in [-0.05, 0) is 43.2 Å². The first kappa shape index (κ1) is 21.2. The second kappa shape index (κ2) is 8.63. The summed E-state index contributed by atoms with van der Waals surface area (Å²) in [4.78, 5) is 4.89. The van der Waals surface area contributed by atoms with Crippen LogP contribution in [0.3, 0.4) is 0 Å².